The molecule has 0 aliphatic carbocycles. The average molecular weight is 369 g/mol. The number of benzene rings is 2. The van der Waals surface area contributed by atoms with Crippen LogP contribution in [-0.2, 0) is 0 Å². The number of nitrogens with one attached hydrogen (secondary N) is 1. The van der Waals surface area contributed by atoms with Gasteiger partial charge in [0.25, 0.3) is 5.91 Å². The minimum Gasteiger partial charge on any atom is -0.497 e. The van der Waals surface area contributed by atoms with Gasteiger partial charge in [-0.15, -0.1) is 0 Å². The van der Waals surface area contributed by atoms with Crippen LogP contribution in [0.1, 0.15) is 23.2 Å². The van der Waals surface area contributed by atoms with E-state index in [2.05, 4.69) is 16.3 Å². The van der Waals surface area contributed by atoms with Gasteiger partial charge in [-0.25, -0.2) is 0 Å². The van der Waals surface area contributed by atoms with Crippen molar-refractivity contribution in [3.63, 3.8) is 0 Å². The van der Waals surface area contributed by atoms with Crippen LogP contribution >= 0.6 is 11.8 Å². The fourth-order valence-corrected chi connectivity index (χ4v) is 4.77. The fourth-order valence-electron chi connectivity index (χ4n) is 3.91. The molecule has 0 saturated carbocycles. The van der Waals surface area contributed by atoms with Gasteiger partial charge in [0, 0.05) is 34.5 Å². The minimum absolute atomic E-state index is 0.0374. The maximum atomic E-state index is 12.5. The number of methoxy groups -OCH3 is 1. The van der Waals surface area contributed by atoms with Crippen molar-refractivity contribution in [2.24, 2.45) is 5.92 Å². The van der Waals surface area contributed by atoms with E-state index in [9.17, 15) is 4.79 Å². The van der Waals surface area contributed by atoms with Crippen molar-refractivity contribution in [1.82, 2.24) is 10.2 Å². The Hall–Kier alpha value is -1.98. The molecule has 2 aliphatic rings. The van der Waals surface area contributed by atoms with Gasteiger partial charge in [0.1, 0.15) is 5.75 Å². The van der Waals surface area contributed by atoms with Crippen LogP contribution in [-0.4, -0.2) is 43.6 Å². The van der Waals surface area contributed by atoms with Gasteiger partial charge in [0.2, 0.25) is 0 Å². The molecule has 2 aromatic carbocycles. The molecule has 5 heteroatoms. The molecule has 2 aromatic rings. The maximum absolute atomic E-state index is 12.5. The Labute approximate surface area is 158 Å². The third-order valence-corrected chi connectivity index (χ3v) is 6.19. The number of hydrogen-bond acceptors (Lipinski definition) is 4. The molecule has 0 aromatic heterocycles. The summed E-state index contributed by atoms with van der Waals surface area (Å²) < 4.78 is 5.27. The lowest BCUT2D eigenvalue weighted by Gasteiger charge is -2.30. The van der Waals surface area contributed by atoms with E-state index in [0.717, 1.165) is 40.0 Å². The number of carbonyl (C=O) groups is 1. The Kier molecular flexibility index (Phi) is 5.18. The van der Waals surface area contributed by atoms with E-state index in [4.69, 9.17) is 4.74 Å². The van der Waals surface area contributed by atoms with Gasteiger partial charge < -0.3 is 15.0 Å². The Morgan fingerprint density at radius 3 is 2.77 bits per heavy atom. The van der Waals surface area contributed by atoms with Gasteiger partial charge in [-0.05, 0) is 67.8 Å². The van der Waals surface area contributed by atoms with Crippen LogP contribution in [0, 0.1) is 5.92 Å². The van der Waals surface area contributed by atoms with Crippen LogP contribution < -0.4 is 10.1 Å². The fraction of sp³-hybridized carbons (Fsp3) is 0.381. The van der Waals surface area contributed by atoms with E-state index < -0.39 is 0 Å². The Balaban J connectivity index is 1.36. The van der Waals surface area contributed by atoms with Gasteiger partial charge >= 0.3 is 0 Å². The summed E-state index contributed by atoms with van der Waals surface area (Å²) in [6, 6.07) is 16.1. The Morgan fingerprint density at radius 2 is 2.00 bits per heavy atom. The Bertz CT molecular complexity index is 766. The number of ether oxygens (including phenoxy) is 1. The summed E-state index contributed by atoms with van der Waals surface area (Å²) in [4.78, 5) is 17.2. The summed E-state index contributed by atoms with van der Waals surface area (Å²) in [5, 5.41) is 3.22. The highest BCUT2D eigenvalue weighted by molar-refractivity contribution is 7.99. The van der Waals surface area contributed by atoms with Crippen molar-refractivity contribution in [1.29, 1.82) is 0 Å². The topological polar surface area (TPSA) is 41.6 Å². The second-order valence-corrected chi connectivity index (χ2v) is 8.27. The zero-order valence-electron chi connectivity index (χ0n) is 15.0. The predicted octanol–water partition coefficient (Wildman–Crippen LogP) is 3.67. The van der Waals surface area contributed by atoms with Crippen LogP contribution in [0.4, 0.5) is 0 Å². The van der Waals surface area contributed by atoms with Crippen molar-refractivity contribution in [2.45, 2.75) is 28.7 Å². The second-order valence-electron chi connectivity index (χ2n) is 7.13. The summed E-state index contributed by atoms with van der Waals surface area (Å²) in [7, 11) is 1.67. The molecule has 136 valence electrons. The quantitative estimate of drug-likeness (QED) is 0.874. The first-order chi connectivity index (χ1) is 12.7. The first kappa shape index (κ1) is 17.4. The van der Waals surface area contributed by atoms with Gasteiger partial charge in [-0.2, -0.15) is 0 Å². The van der Waals surface area contributed by atoms with Crippen LogP contribution in [0.5, 0.6) is 5.75 Å². The average Bonchev–Trinajstić information content (AvgIpc) is 3.00. The smallest absolute Gasteiger partial charge is 0.251 e. The molecule has 2 saturated heterocycles. The summed E-state index contributed by atoms with van der Waals surface area (Å²) in [5.74, 6) is 1.65. The summed E-state index contributed by atoms with van der Waals surface area (Å²) in [6.07, 6.45) is 2.40. The van der Waals surface area contributed by atoms with E-state index in [-0.39, 0.29) is 11.9 Å². The van der Waals surface area contributed by atoms with E-state index >= 15 is 0 Å². The minimum atomic E-state index is 0.0374. The first-order valence-electron chi connectivity index (χ1n) is 9.15. The molecule has 2 heterocycles. The molecule has 2 fully saturated rings. The molecule has 0 radical (unpaired) electrons. The highest BCUT2D eigenvalue weighted by atomic mass is 32.2. The number of hydrogen-bond donors (Lipinski definition) is 1. The molecule has 26 heavy (non-hydrogen) atoms. The molecule has 4 rings (SSSR count). The standard InChI is InChI=1S/C21H24N2O2S/c1-25-18-3-2-4-20(12-18)26-19-7-5-16(6-8-19)21(24)22-17-11-15-9-10-23(13-15)14-17/h2-8,12,15,17H,9-11,13-14H2,1H3,(H,22,24)/t15-,17+/m0/s1. The van der Waals surface area contributed by atoms with Gasteiger partial charge in [0.05, 0.1) is 7.11 Å². The molecule has 3 atom stereocenters. The maximum Gasteiger partial charge on any atom is 0.251 e. The van der Waals surface area contributed by atoms with E-state index in [1.165, 1.54) is 19.5 Å². The van der Waals surface area contributed by atoms with Crippen LogP contribution in [0.2, 0.25) is 0 Å². The number of rotatable bonds is 5. The normalized spacial score (nSPS) is 24.3. The van der Waals surface area contributed by atoms with Crippen molar-refractivity contribution in [2.75, 3.05) is 26.7 Å². The molecule has 1 amide bonds. The summed E-state index contributed by atoms with van der Waals surface area (Å²) >= 11 is 1.66. The van der Waals surface area contributed by atoms with Gasteiger partial charge in [-0.1, -0.05) is 17.8 Å². The van der Waals surface area contributed by atoms with Crippen molar-refractivity contribution in [3.05, 3.63) is 54.1 Å². The van der Waals surface area contributed by atoms with E-state index in [1.54, 1.807) is 18.9 Å². The molecule has 2 aliphatic heterocycles. The number of carbonyl (C=O) groups excluding carboxylic acids is 1. The SMILES string of the molecule is COc1cccc(Sc2ccc(C(=O)N[C@@H]3C[C@@H]4CCN(C4)C3)cc2)c1. The monoisotopic (exact) mass is 368 g/mol. The van der Waals surface area contributed by atoms with Gasteiger partial charge in [0.15, 0.2) is 0 Å². The zero-order chi connectivity index (χ0) is 17.9. The lowest BCUT2D eigenvalue weighted by atomic mass is 9.96. The number of fused-ring (bicyclic) bond motifs is 2. The predicted molar refractivity (Wildman–Crippen MR) is 104 cm³/mol. The molecule has 1 N–H and O–H groups in total. The number of amides is 1. The second kappa shape index (κ2) is 7.72. The zero-order valence-corrected chi connectivity index (χ0v) is 15.8. The highest BCUT2D eigenvalue weighted by Crippen LogP contribution is 2.30. The first-order valence-corrected chi connectivity index (χ1v) is 9.96. The summed E-state index contributed by atoms with van der Waals surface area (Å²) in [5.41, 5.74) is 0.730. The van der Waals surface area contributed by atoms with Gasteiger partial charge in [-0.3, -0.25) is 4.79 Å². The van der Waals surface area contributed by atoms with Crippen LogP contribution in [0.3, 0.4) is 0 Å². The molecular formula is C21H24N2O2S. The molecule has 2 bridgehead atoms. The number of nitrogens with zero attached hydrogens (tertiary/aromatic N) is 1. The lowest BCUT2D eigenvalue weighted by Crippen LogP contribution is -2.47. The number of piperidine rings is 1. The van der Waals surface area contributed by atoms with Crippen LogP contribution in [0.25, 0.3) is 0 Å². The van der Waals surface area contributed by atoms with Crippen LogP contribution in [0.15, 0.2) is 58.3 Å². The van der Waals surface area contributed by atoms with Crippen molar-refractivity contribution >= 4 is 17.7 Å². The molecule has 0 spiro atoms. The molecule has 4 nitrogen and oxygen atoms in total. The van der Waals surface area contributed by atoms with E-state index in [0.29, 0.717) is 0 Å². The largest absolute Gasteiger partial charge is 0.497 e. The third kappa shape index (κ3) is 4.05. The third-order valence-electron chi connectivity index (χ3n) is 5.20. The molecule has 1 unspecified atom stereocenters. The highest BCUT2D eigenvalue weighted by Gasteiger charge is 2.32. The Morgan fingerprint density at radius 1 is 1.15 bits per heavy atom. The van der Waals surface area contributed by atoms with Crippen molar-refractivity contribution in [3.8, 4) is 5.75 Å². The summed E-state index contributed by atoms with van der Waals surface area (Å²) in [6.45, 7) is 3.39. The van der Waals surface area contributed by atoms with E-state index in [1.807, 2.05) is 42.5 Å². The lowest BCUT2D eigenvalue weighted by molar-refractivity contribution is 0.0909. The molecular weight excluding hydrogens is 344 g/mol. The van der Waals surface area contributed by atoms with Crippen molar-refractivity contribution < 1.29 is 9.53 Å².